The van der Waals surface area contributed by atoms with E-state index in [1.54, 1.807) is 0 Å². The van der Waals surface area contributed by atoms with Gasteiger partial charge in [0.2, 0.25) is 0 Å². The second-order valence-electron chi connectivity index (χ2n) is 3.26. The highest BCUT2D eigenvalue weighted by Gasteiger charge is 2.15. The Balaban J connectivity index is 1.91. The zero-order chi connectivity index (χ0) is 9.52. The van der Waals surface area contributed by atoms with Crippen LogP contribution in [-0.2, 0) is 9.53 Å². The van der Waals surface area contributed by atoms with Crippen molar-refractivity contribution in [3.05, 3.63) is 0 Å². The number of ether oxygens (including phenoxy) is 1. The van der Waals surface area contributed by atoms with Crippen molar-refractivity contribution in [2.24, 2.45) is 5.92 Å². The van der Waals surface area contributed by atoms with E-state index in [1.807, 2.05) is 21.6 Å². The summed E-state index contributed by atoms with van der Waals surface area (Å²) in [4.78, 5) is 10.8. The highest BCUT2D eigenvalue weighted by molar-refractivity contribution is 8.77. The minimum Gasteiger partial charge on any atom is -0.469 e. The van der Waals surface area contributed by atoms with Crippen LogP contribution in [0.5, 0.6) is 0 Å². The van der Waals surface area contributed by atoms with Gasteiger partial charge in [0.15, 0.2) is 0 Å². The maximum atomic E-state index is 10.8. The van der Waals surface area contributed by atoms with Crippen molar-refractivity contribution in [2.75, 3.05) is 18.6 Å². The Morgan fingerprint density at radius 3 is 2.69 bits per heavy atom. The van der Waals surface area contributed by atoms with Crippen LogP contribution in [0.15, 0.2) is 0 Å². The van der Waals surface area contributed by atoms with E-state index in [-0.39, 0.29) is 5.97 Å². The van der Waals surface area contributed by atoms with Crippen LogP contribution in [0.1, 0.15) is 25.7 Å². The Labute approximate surface area is 87.6 Å². The first-order valence-electron chi connectivity index (χ1n) is 4.64. The van der Waals surface area contributed by atoms with Crippen molar-refractivity contribution in [1.82, 2.24) is 0 Å². The molecule has 0 bridgehead atoms. The third kappa shape index (κ3) is 4.81. The first-order valence-corrected chi connectivity index (χ1v) is 7.13. The number of hydrogen-bond donors (Lipinski definition) is 0. The molecule has 0 amide bonds. The van der Waals surface area contributed by atoms with Crippen LogP contribution in [0.4, 0.5) is 0 Å². The number of carbonyl (C=O) groups excluding carboxylic acids is 1. The summed E-state index contributed by atoms with van der Waals surface area (Å²) >= 11 is 0. The molecule has 1 aliphatic rings. The lowest BCUT2D eigenvalue weighted by molar-refractivity contribution is -0.140. The molecule has 0 aliphatic carbocycles. The van der Waals surface area contributed by atoms with Gasteiger partial charge in [-0.15, -0.1) is 0 Å². The minimum absolute atomic E-state index is 0.0739. The maximum absolute atomic E-state index is 10.8. The highest BCUT2D eigenvalue weighted by Crippen LogP contribution is 2.36. The summed E-state index contributed by atoms with van der Waals surface area (Å²) in [5, 5.41) is 0. The maximum Gasteiger partial charge on any atom is 0.305 e. The van der Waals surface area contributed by atoms with E-state index < -0.39 is 0 Å². The van der Waals surface area contributed by atoms with Gasteiger partial charge in [0.05, 0.1) is 7.11 Å². The molecule has 2 nitrogen and oxygen atoms in total. The predicted molar refractivity (Wildman–Crippen MR) is 58.9 cm³/mol. The van der Waals surface area contributed by atoms with E-state index in [0.29, 0.717) is 6.42 Å². The Bertz CT molecular complexity index is 156. The topological polar surface area (TPSA) is 26.3 Å². The van der Waals surface area contributed by atoms with E-state index in [2.05, 4.69) is 4.74 Å². The standard InChI is InChI=1S/C9H16O2S2/c1-11-9(10)5-3-2-4-8-6-12-13-7-8/h8H,2-7H2,1H3. The van der Waals surface area contributed by atoms with Crippen LogP contribution in [0.2, 0.25) is 0 Å². The Morgan fingerprint density at radius 2 is 2.08 bits per heavy atom. The van der Waals surface area contributed by atoms with Crippen LogP contribution < -0.4 is 0 Å². The fraction of sp³-hybridized carbons (Fsp3) is 0.889. The molecule has 0 aromatic carbocycles. The van der Waals surface area contributed by atoms with Crippen LogP contribution in [-0.4, -0.2) is 24.6 Å². The number of hydrogen-bond acceptors (Lipinski definition) is 4. The van der Waals surface area contributed by atoms with E-state index in [1.165, 1.54) is 31.5 Å². The summed E-state index contributed by atoms with van der Waals surface area (Å²) in [6.07, 6.45) is 4.01. The van der Waals surface area contributed by atoms with Gasteiger partial charge in [-0.3, -0.25) is 4.79 Å². The molecular formula is C9H16O2S2. The van der Waals surface area contributed by atoms with Gasteiger partial charge in [0, 0.05) is 17.9 Å². The molecule has 1 heterocycles. The Kier molecular flexibility index (Phi) is 5.71. The van der Waals surface area contributed by atoms with Gasteiger partial charge in [0.1, 0.15) is 0 Å². The number of rotatable bonds is 5. The molecule has 1 saturated heterocycles. The summed E-state index contributed by atoms with van der Waals surface area (Å²) < 4.78 is 4.58. The van der Waals surface area contributed by atoms with Crippen LogP contribution >= 0.6 is 21.6 Å². The van der Waals surface area contributed by atoms with Gasteiger partial charge in [-0.05, 0) is 18.8 Å². The number of methoxy groups -OCH3 is 1. The Morgan fingerprint density at radius 1 is 1.38 bits per heavy atom. The lowest BCUT2D eigenvalue weighted by Gasteiger charge is -2.05. The molecule has 1 rings (SSSR count). The summed E-state index contributed by atoms with van der Waals surface area (Å²) in [6.45, 7) is 0. The fourth-order valence-electron chi connectivity index (χ4n) is 1.31. The third-order valence-electron chi connectivity index (χ3n) is 2.16. The van der Waals surface area contributed by atoms with Gasteiger partial charge in [0.25, 0.3) is 0 Å². The molecule has 0 saturated carbocycles. The molecule has 0 aromatic rings. The summed E-state index contributed by atoms with van der Waals surface area (Å²) in [6, 6.07) is 0. The molecule has 0 N–H and O–H groups in total. The highest BCUT2D eigenvalue weighted by atomic mass is 33.1. The van der Waals surface area contributed by atoms with E-state index in [4.69, 9.17) is 0 Å². The molecule has 0 atom stereocenters. The van der Waals surface area contributed by atoms with Crippen molar-refractivity contribution in [2.45, 2.75) is 25.7 Å². The van der Waals surface area contributed by atoms with Crippen LogP contribution in [0.3, 0.4) is 0 Å². The van der Waals surface area contributed by atoms with Gasteiger partial charge < -0.3 is 4.74 Å². The summed E-state index contributed by atoms with van der Waals surface area (Å²) in [7, 11) is 5.40. The number of esters is 1. The second-order valence-corrected chi connectivity index (χ2v) is 5.81. The number of carbonyl (C=O) groups is 1. The van der Waals surface area contributed by atoms with Crippen molar-refractivity contribution >= 4 is 27.6 Å². The molecule has 1 aliphatic heterocycles. The van der Waals surface area contributed by atoms with E-state index in [9.17, 15) is 4.79 Å². The molecule has 0 aromatic heterocycles. The van der Waals surface area contributed by atoms with Gasteiger partial charge in [-0.2, -0.15) is 0 Å². The average molecular weight is 220 g/mol. The van der Waals surface area contributed by atoms with E-state index in [0.717, 1.165) is 12.3 Å². The molecule has 13 heavy (non-hydrogen) atoms. The second kappa shape index (κ2) is 6.60. The molecule has 4 heteroatoms. The normalized spacial score (nSPS) is 17.6. The lowest BCUT2D eigenvalue weighted by atomic mass is 10.1. The molecule has 76 valence electrons. The summed E-state index contributed by atoms with van der Waals surface area (Å²) in [5.41, 5.74) is 0. The van der Waals surface area contributed by atoms with Gasteiger partial charge >= 0.3 is 5.97 Å². The quantitative estimate of drug-likeness (QED) is 0.404. The average Bonchev–Trinajstić information content (AvgIpc) is 2.64. The van der Waals surface area contributed by atoms with Crippen LogP contribution in [0.25, 0.3) is 0 Å². The van der Waals surface area contributed by atoms with Crippen molar-refractivity contribution in [3.8, 4) is 0 Å². The first kappa shape index (κ1) is 11.2. The Hall–Kier alpha value is 0.170. The lowest BCUT2D eigenvalue weighted by Crippen LogP contribution is -2.03. The smallest absolute Gasteiger partial charge is 0.305 e. The summed E-state index contributed by atoms with van der Waals surface area (Å²) in [5.74, 6) is 3.40. The molecule has 0 radical (unpaired) electrons. The first-order chi connectivity index (χ1) is 6.33. The monoisotopic (exact) mass is 220 g/mol. The molecule has 0 spiro atoms. The minimum atomic E-state index is -0.0739. The van der Waals surface area contributed by atoms with Crippen molar-refractivity contribution < 1.29 is 9.53 Å². The predicted octanol–water partition coefficient (Wildman–Crippen LogP) is 2.73. The van der Waals surface area contributed by atoms with Crippen molar-refractivity contribution in [3.63, 3.8) is 0 Å². The SMILES string of the molecule is COC(=O)CCCCC1CSSC1. The molecule has 1 fully saturated rings. The van der Waals surface area contributed by atoms with E-state index >= 15 is 0 Å². The number of unbranched alkanes of at least 4 members (excludes halogenated alkanes) is 1. The van der Waals surface area contributed by atoms with Gasteiger partial charge in [-0.25, -0.2) is 0 Å². The zero-order valence-corrected chi connectivity index (χ0v) is 9.59. The largest absolute Gasteiger partial charge is 0.469 e. The van der Waals surface area contributed by atoms with Crippen molar-refractivity contribution in [1.29, 1.82) is 0 Å². The fourth-order valence-corrected chi connectivity index (χ4v) is 4.34. The van der Waals surface area contributed by atoms with Crippen LogP contribution in [0, 0.1) is 5.92 Å². The third-order valence-corrected chi connectivity index (χ3v) is 4.86. The molecule has 0 unspecified atom stereocenters. The zero-order valence-electron chi connectivity index (χ0n) is 7.95. The van der Waals surface area contributed by atoms with Gasteiger partial charge in [-0.1, -0.05) is 28.0 Å². The molecular weight excluding hydrogens is 204 g/mol.